The monoisotopic (exact) mass is 338 g/mol. The molecule has 0 aliphatic heterocycles. The van der Waals surface area contributed by atoms with Crippen molar-refractivity contribution in [1.29, 1.82) is 0 Å². The minimum absolute atomic E-state index is 0.0506. The lowest BCUT2D eigenvalue weighted by Gasteiger charge is -2.35. The van der Waals surface area contributed by atoms with Crippen LogP contribution in [-0.4, -0.2) is 30.7 Å². The molecule has 1 heterocycles. The number of aliphatic hydroxyl groups excluding tert-OH is 1. The maximum absolute atomic E-state index is 12.4. The third-order valence-corrected chi connectivity index (χ3v) is 5.78. The Labute approximate surface area is 128 Å². The van der Waals surface area contributed by atoms with E-state index in [-0.39, 0.29) is 21.7 Å². The zero-order valence-corrected chi connectivity index (χ0v) is 13.1. The largest absolute Gasteiger partial charge is 0.394 e. The van der Waals surface area contributed by atoms with E-state index in [1.165, 1.54) is 6.07 Å². The van der Waals surface area contributed by atoms with E-state index in [9.17, 15) is 13.5 Å². The summed E-state index contributed by atoms with van der Waals surface area (Å²) in [4.78, 5) is 3.69. The van der Waals surface area contributed by atoms with Crippen LogP contribution < -0.4 is 4.72 Å². The summed E-state index contributed by atoms with van der Waals surface area (Å²) in [5.41, 5.74) is -0.788. The fourth-order valence-electron chi connectivity index (χ4n) is 2.42. The molecule has 1 aliphatic rings. The van der Waals surface area contributed by atoms with Gasteiger partial charge in [0, 0.05) is 6.20 Å². The topological polar surface area (TPSA) is 79.3 Å². The molecule has 5 nitrogen and oxygen atoms in total. The van der Waals surface area contributed by atoms with Gasteiger partial charge in [0.15, 0.2) is 0 Å². The average molecular weight is 339 g/mol. The summed E-state index contributed by atoms with van der Waals surface area (Å²) < 4.78 is 27.3. The van der Waals surface area contributed by atoms with Gasteiger partial charge in [0.05, 0.1) is 17.2 Å². The van der Waals surface area contributed by atoms with Crippen LogP contribution in [0.2, 0.25) is 10.2 Å². The summed E-state index contributed by atoms with van der Waals surface area (Å²) in [7, 11) is -3.79. The van der Waals surface area contributed by atoms with Crippen molar-refractivity contribution < 1.29 is 13.5 Å². The Morgan fingerprint density at radius 3 is 2.50 bits per heavy atom. The van der Waals surface area contributed by atoms with Crippen LogP contribution in [0.15, 0.2) is 17.2 Å². The van der Waals surface area contributed by atoms with Crippen molar-refractivity contribution in [3.8, 4) is 0 Å². The van der Waals surface area contributed by atoms with Gasteiger partial charge >= 0.3 is 0 Å². The second-order valence-electron chi connectivity index (χ2n) is 5.05. The highest BCUT2D eigenvalue weighted by Crippen LogP contribution is 2.30. The van der Waals surface area contributed by atoms with Crippen molar-refractivity contribution in [2.24, 2.45) is 0 Å². The van der Waals surface area contributed by atoms with Crippen molar-refractivity contribution in [2.75, 3.05) is 6.61 Å². The first-order valence-corrected chi connectivity index (χ1v) is 8.58. The molecule has 112 valence electrons. The van der Waals surface area contributed by atoms with E-state index in [0.717, 1.165) is 25.5 Å². The van der Waals surface area contributed by atoms with Gasteiger partial charge in [-0.15, -0.1) is 0 Å². The van der Waals surface area contributed by atoms with Gasteiger partial charge in [0.25, 0.3) is 0 Å². The molecule has 0 unspecified atom stereocenters. The molecule has 1 aromatic heterocycles. The summed E-state index contributed by atoms with van der Waals surface area (Å²) in [6, 6.07) is 1.26. The number of sulfonamides is 1. The molecule has 1 saturated carbocycles. The lowest BCUT2D eigenvalue weighted by molar-refractivity contribution is 0.142. The highest BCUT2D eigenvalue weighted by molar-refractivity contribution is 7.89. The number of rotatable bonds is 4. The maximum atomic E-state index is 12.4. The van der Waals surface area contributed by atoms with E-state index < -0.39 is 15.6 Å². The smallest absolute Gasteiger partial charge is 0.242 e. The van der Waals surface area contributed by atoms with E-state index in [2.05, 4.69) is 9.71 Å². The molecule has 1 fully saturated rings. The molecule has 0 atom stereocenters. The van der Waals surface area contributed by atoms with Crippen molar-refractivity contribution in [1.82, 2.24) is 9.71 Å². The fourth-order valence-corrected chi connectivity index (χ4v) is 4.17. The van der Waals surface area contributed by atoms with Gasteiger partial charge in [-0.05, 0) is 18.9 Å². The van der Waals surface area contributed by atoms with E-state index >= 15 is 0 Å². The fraction of sp³-hybridized carbons (Fsp3) is 0.583. The summed E-state index contributed by atoms with van der Waals surface area (Å²) in [6.45, 7) is -0.221. The van der Waals surface area contributed by atoms with E-state index in [1.807, 2.05) is 0 Å². The van der Waals surface area contributed by atoms with Gasteiger partial charge in [0.2, 0.25) is 10.0 Å². The molecule has 2 rings (SSSR count). The zero-order valence-electron chi connectivity index (χ0n) is 10.8. The SMILES string of the molecule is O=S(=O)(NC1(CO)CCCCC1)c1cnc(Cl)c(Cl)c1. The average Bonchev–Trinajstić information content (AvgIpc) is 2.42. The van der Waals surface area contributed by atoms with E-state index in [0.29, 0.717) is 12.8 Å². The Morgan fingerprint density at radius 1 is 1.30 bits per heavy atom. The van der Waals surface area contributed by atoms with Gasteiger partial charge in [-0.2, -0.15) is 0 Å². The molecule has 20 heavy (non-hydrogen) atoms. The Kier molecular flexibility index (Phi) is 4.92. The van der Waals surface area contributed by atoms with Crippen molar-refractivity contribution >= 4 is 33.2 Å². The number of nitrogens with zero attached hydrogens (tertiary/aromatic N) is 1. The van der Waals surface area contributed by atoms with Gasteiger partial charge in [-0.25, -0.2) is 18.1 Å². The van der Waals surface area contributed by atoms with E-state index in [1.54, 1.807) is 0 Å². The van der Waals surface area contributed by atoms with Crippen molar-refractivity contribution in [3.05, 3.63) is 22.4 Å². The lowest BCUT2D eigenvalue weighted by Crippen LogP contribution is -2.52. The predicted molar refractivity (Wildman–Crippen MR) is 77.5 cm³/mol. The summed E-state index contributed by atoms with van der Waals surface area (Å²) in [5, 5.41) is 9.70. The van der Waals surface area contributed by atoms with Gasteiger partial charge < -0.3 is 5.11 Å². The molecule has 0 radical (unpaired) electrons. The summed E-state index contributed by atoms with van der Waals surface area (Å²) in [6.07, 6.45) is 5.24. The molecule has 0 saturated heterocycles. The third kappa shape index (κ3) is 3.43. The Bertz CT molecular complexity index is 586. The molecular formula is C12H16Cl2N2O3S. The first-order chi connectivity index (χ1) is 9.38. The minimum Gasteiger partial charge on any atom is -0.394 e. The van der Waals surface area contributed by atoms with Gasteiger partial charge in [-0.3, -0.25) is 0 Å². The molecule has 0 bridgehead atoms. The number of hydrogen-bond acceptors (Lipinski definition) is 4. The van der Waals surface area contributed by atoms with Crippen LogP contribution in [0.3, 0.4) is 0 Å². The predicted octanol–water partition coefficient (Wildman–Crippen LogP) is 2.36. The normalized spacial score (nSPS) is 18.9. The first kappa shape index (κ1) is 16.0. The number of halogens is 2. The quantitative estimate of drug-likeness (QED) is 0.826. The van der Waals surface area contributed by atoms with Crippen LogP contribution in [0.5, 0.6) is 0 Å². The number of aromatic nitrogens is 1. The van der Waals surface area contributed by atoms with Crippen LogP contribution in [0.4, 0.5) is 0 Å². The summed E-state index contributed by atoms with van der Waals surface area (Å²) in [5.74, 6) is 0. The van der Waals surface area contributed by atoms with Crippen molar-refractivity contribution in [3.63, 3.8) is 0 Å². The molecule has 0 amide bonds. The standard InChI is InChI=1S/C12H16Cl2N2O3S/c13-10-6-9(7-15-11(10)14)20(18,19)16-12(8-17)4-2-1-3-5-12/h6-7,16-17H,1-5,8H2. The Hall–Kier alpha value is -0.400. The van der Waals surface area contributed by atoms with Crippen LogP contribution in [0.1, 0.15) is 32.1 Å². The van der Waals surface area contributed by atoms with Gasteiger partial charge in [0.1, 0.15) is 10.0 Å². The second-order valence-corrected chi connectivity index (χ2v) is 7.50. The maximum Gasteiger partial charge on any atom is 0.242 e. The Balaban J connectivity index is 2.27. The number of pyridine rings is 1. The molecule has 2 N–H and O–H groups in total. The Morgan fingerprint density at radius 2 is 1.95 bits per heavy atom. The molecule has 8 heteroatoms. The molecule has 0 aromatic carbocycles. The zero-order chi connectivity index (χ0) is 14.8. The highest BCUT2D eigenvalue weighted by atomic mass is 35.5. The second kappa shape index (κ2) is 6.15. The van der Waals surface area contributed by atoms with Crippen LogP contribution in [-0.2, 0) is 10.0 Å². The van der Waals surface area contributed by atoms with E-state index in [4.69, 9.17) is 23.2 Å². The van der Waals surface area contributed by atoms with Gasteiger partial charge in [-0.1, -0.05) is 42.5 Å². The van der Waals surface area contributed by atoms with Crippen molar-refractivity contribution in [2.45, 2.75) is 42.5 Å². The first-order valence-electron chi connectivity index (χ1n) is 6.34. The third-order valence-electron chi connectivity index (χ3n) is 3.55. The number of aliphatic hydroxyl groups is 1. The number of nitrogens with one attached hydrogen (secondary N) is 1. The molecule has 1 aromatic rings. The lowest BCUT2D eigenvalue weighted by atomic mass is 9.83. The molecular weight excluding hydrogens is 323 g/mol. The molecule has 1 aliphatic carbocycles. The van der Waals surface area contributed by atoms with Crippen LogP contribution in [0, 0.1) is 0 Å². The highest BCUT2D eigenvalue weighted by Gasteiger charge is 2.36. The summed E-state index contributed by atoms with van der Waals surface area (Å²) >= 11 is 11.5. The minimum atomic E-state index is -3.79. The number of hydrogen-bond donors (Lipinski definition) is 2. The van der Waals surface area contributed by atoms with Crippen LogP contribution in [0.25, 0.3) is 0 Å². The van der Waals surface area contributed by atoms with Crippen LogP contribution >= 0.6 is 23.2 Å². The molecule has 0 spiro atoms.